The van der Waals surface area contributed by atoms with E-state index in [1.165, 1.54) is 12.1 Å². The molecule has 4 N–H and O–H groups in total. The second-order valence-electron chi connectivity index (χ2n) is 5.08. The Balaban J connectivity index is 2.01. The van der Waals surface area contributed by atoms with Crippen LogP contribution in [0.4, 0.5) is 11.5 Å². The molecule has 0 spiro atoms. The number of nitrogens with one attached hydrogen (secondary N) is 1. The number of carbonyl (C=O) groups is 1. The van der Waals surface area contributed by atoms with Gasteiger partial charge in [-0.25, -0.2) is 0 Å². The van der Waals surface area contributed by atoms with Gasteiger partial charge in [0.25, 0.3) is 5.91 Å². The van der Waals surface area contributed by atoms with Crippen LogP contribution in [0.25, 0.3) is 10.9 Å². The number of anilines is 2. The van der Waals surface area contributed by atoms with Crippen molar-refractivity contribution in [2.75, 3.05) is 11.1 Å². The van der Waals surface area contributed by atoms with Gasteiger partial charge in [-0.1, -0.05) is 12.1 Å². The van der Waals surface area contributed by atoms with Gasteiger partial charge in [-0.15, -0.1) is 10.2 Å². The van der Waals surface area contributed by atoms with Crippen LogP contribution in [0.3, 0.4) is 0 Å². The smallest absolute Gasteiger partial charge is 0.276 e. The number of fused-ring (bicyclic) bond motifs is 1. The summed E-state index contributed by atoms with van der Waals surface area (Å²) >= 11 is 0. The standard InChI is InChI=1S/C16H15N5O2/c1-9-7-10(8-22)11-3-2-4-12(15(11)18-9)19-16(23)13-5-6-14(17)21-20-13/h2-7,22H,8H2,1H3,(H2,17,21)(H,19,23). The van der Waals surface area contributed by atoms with Crippen molar-refractivity contribution in [3.05, 3.63) is 53.3 Å². The van der Waals surface area contributed by atoms with Crippen LogP contribution < -0.4 is 11.1 Å². The highest BCUT2D eigenvalue weighted by Crippen LogP contribution is 2.25. The molecule has 2 heterocycles. The largest absolute Gasteiger partial charge is 0.392 e. The molecule has 3 aromatic rings. The SMILES string of the molecule is Cc1cc(CO)c2cccc(NC(=O)c3ccc(N)nn3)c2n1. The summed E-state index contributed by atoms with van der Waals surface area (Å²) < 4.78 is 0. The van der Waals surface area contributed by atoms with Gasteiger partial charge in [0.05, 0.1) is 17.8 Å². The molecule has 0 saturated carbocycles. The molecule has 0 aliphatic heterocycles. The van der Waals surface area contributed by atoms with E-state index >= 15 is 0 Å². The van der Waals surface area contributed by atoms with E-state index in [0.29, 0.717) is 11.2 Å². The normalized spacial score (nSPS) is 10.7. The Labute approximate surface area is 132 Å². The van der Waals surface area contributed by atoms with Crippen LogP contribution in [0, 0.1) is 6.92 Å². The van der Waals surface area contributed by atoms with E-state index in [1.54, 1.807) is 12.1 Å². The predicted molar refractivity (Wildman–Crippen MR) is 86.8 cm³/mol. The zero-order valence-corrected chi connectivity index (χ0v) is 12.4. The first-order chi connectivity index (χ1) is 11.1. The maximum atomic E-state index is 12.3. The van der Waals surface area contributed by atoms with Gasteiger partial charge in [-0.2, -0.15) is 0 Å². The molecule has 3 rings (SSSR count). The Morgan fingerprint density at radius 3 is 2.78 bits per heavy atom. The summed E-state index contributed by atoms with van der Waals surface area (Å²) in [5.74, 6) is -0.157. The fraction of sp³-hybridized carbons (Fsp3) is 0.125. The van der Waals surface area contributed by atoms with E-state index in [4.69, 9.17) is 5.73 Å². The summed E-state index contributed by atoms with van der Waals surface area (Å²) in [7, 11) is 0. The first-order valence-electron chi connectivity index (χ1n) is 6.99. The lowest BCUT2D eigenvalue weighted by atomic mass is 10.1. The molecule has 1 aromatic carbocycles. The number of nitrogens with two attached hydrogens (primary N) is 1. The summed E-state index contributed by atoms with van der Waals surface area (Å²) in [5, 5.41) is 20.5. The number of aryl methyl sites for hydroxylation is 1. The number of hydrogen-bond donors (Lipinski definition) is 3. The molecule has 2 aromatic heterocycles. The van der Waals surface area contributed by atoms with Gasteiger partial charge in [-0.3, -0.25) is 9.78 Å². The minimum atomic E-state index is -0.404. The van der Waals surface area contributed by atoms with Crippen LogP contribution in [-0.4, -0.2) is 26.2 Å². The van der Waals surface area contributed by atoms with Crippen LogP contribution in [0.5, 0.6) is 0 Å². The van der Waals surface area contributed by atoms with Crippen molar-refractivity contribution in [3.8, 4) is 0 Å². The number of aliphatic hydroxyl groups is 1. The summed E-state index contributed by atoms with van der Waals surface area (Å²) in [6, 6.07) is 10.2. The molecule has 23 heavy (non-hydrogen) atoms. The van der Waals surface area contributed by atoms with Crippen LogP contribution in [0.15, 0.2) is 36.4 Å². The Morgan fingerprint density at radius 2 is 2.09 bits per heavy atom. The van der Waals surface area contributed by atoms with Crippen LogP contribution in [0.2, 0.25) is 0 Å². The zero-order valence-electron chi connectivity index (χ0n) is 12.4. The van der Waals surface area contributed by atoms with Gasteiger partial charge >= 0.3 is 0 Å². The number of nitrogens with zero attached hydrogens (tertiary/aromatic N) is 3. The topological polar surface area (TPSA) is 114 Å². The first kappa shape index (κ1) is 14.9. The van der Waals surface area contributed by atoms with E-state index in [-0.39, 0.29) is 18.1 Å². The summed E-state index contributed by atoms with van der Waals surface area (Å²) in [6.45, 7) is 1.74. The fourth-order valence-corrected chi connectivity index (χ4v) is 2.34. The third-order valence-electron chi connectivity index (χ3n) is 3.39. The summed E-state index contributed by atoms with van der Waals surface area (Å²) in [4.78, 5) is 16.7. The second kappa shape index (κ2) is 5.98. The van der Waals surface area contributed by atoms with E-state index in [9.17, 15) is 9.90 Å². The molecule has 0 bridgehead atoms. The number of hydrogen-bond acceptors (Lipinski definition) is 6. The van der Waals surface area contributed by atoms with Gasteiger partial charge in [-0.05, 0) is 36.8 Å². The van der Waals surface area contributed by atoms with Crippen molar-refractivity contribution in [1.82, 2.24) is 15.2 Å². The van der Waals surface area contributed by atoms with Gasteiger partial charge < -0.3 is 16.2 Å². The average molecular weight is 309 g/mol. The quantitative estimate of drug-likeness (QED) is 0.678. The molecule has 0 fully saturated rings. The van der Waals surface area contributed by atoms with Crippen LogP contribution in [0.1, 0.15) is 21.7 Å². The van der Waals surface area contributed by atoms with Gasteiger partial charge in [0.2, 0.25) is 0 Å². The van der Waals surface area contributed by atoms with E-state index in [2.05, 4.69) is 20.5 Å². The number of aliphatic hydroxyl groups excluding tert-OH is 1. The van der Waals surface area contributed by atoms with E-state index in [0.717, 1.165) is 16.6 Å². The number of benzene rings is 1. The number of amides is 1. The lowest BCUT2D eigenvalue weighted by molar-refractivity contribution is 0.102. The van der Waals surface area contributed by atoms with Crippen molar-refractivity contribution in [2.24, 2.45) is 0 Å². The minimum Gasteiger partial charge on any atom is -0.392 e. The minimum absolute atomic E-state index is 0.0965. The Hall–Kier alpha value is -3.06. The second-order valence-corrected chi connectivity index (χ2v) is 5.08. The Kier molecular flexibility index (Phi) is 3.86. The first-order valence-corrected chi connectivity index (χ1v) is 6.99. The molecular weight excluding hydrogens is 294 g/mol. The van der Waals surface area contributed by atoms with Crippen LogP contribution >= 0.6 is 0 Å². The third kappa shape index (κ3) is 2.95. The highest BCUT2D eigenvalue weighted by molar-refractivity contribution is 6.07. The number of rotatable bonds is 3. The molecule has 7 heteroatoms. The Morgan fingerprint density at radius 1 is 1.26 bits per heavy atom. The fourth-order valence-electron chi connectivity index (χ4n) is 2.34. The van der Waals surface area contributed by atoms with E-state index in [1.807, 2.05) is 19.1 Å². The summed E-state index contributed by atoms with van der Waals surface area (Å²) in [6.07, 6.45) is 0. The number of carbonyl (C=O) groups excluding carboxylic acids is 1. The molecule has 0 unspecified atom stereocenters. The lowest BCUT2D eigenvalue weighted by Gasteiger charge is -2.11. The van der Waals surface area contributed by atoms with E-state index < -0.39 is 5.91 Å². The van der Waals surface area contributed by atoms with Crippen LogP contribution in [-0.2, 0) is 6.61 Å². The molecule has 0 radical (unpaired) electrons. The van der Waals surface area contributed by atoms with Crippen molar-refractivity contribution < 1.29 is 9.90 Å². The van der Waals surface area contributed by atoms with Crippen molar-refractivity contribution >= 4 is 28.3 Å². The van der Waals surface area contributed by atoms with Gasteiger partial charge in [0.1, 0.15) is 5.82 Å². The van der Waals surface area contributed by atoms with Crippen molar-refractivity contribution in [1.29, 1.82) is 0 Å². The van der Waals surface area contributed by atoms with Crippen molar-refractivity contribution in [3.63, 3.8) is 0 Å². The zero-order chi connectivity index (χ0) is 16.4. The monoisotopic (exact) mass is 309 g/mol. The molecule has 116 valence electrons. The number of nitrogen functional groups attached to an aromatic ring is 1. The molecule has 7 nitrogen and oxygen atoms in total. The maximum Gasteiger partial charge on any atom is 0.276 e. The molecule has 1 amide bonds. The molecule has 0 aliphatic carbocycles. The molecule has 0 aliphatic rings. The van der Waals surface area contributed by atoms with Gasteiger partial charge in [0.15, 0.2) is 5.69 Å². The summed E-state index contributed by atoms with van der Waals surface area (Å²) in [5.41, 5.74) is 8.31. The molecular formula is C16H15N5O2. The van der Waals surface area contributed by atoms with Gasteiger partial charge in [0, 0.05) is 11.1 Å². The average Bonchev–Trinajstić information content (AvgIpc) is 2.55. The molecule has 0 atom stereocenters. The lowest BCUT2D eigenvalue weighted by Crippen LogP contribution is -2.15. The Bertz CT molecular complexity index is 878. The van der Waals surface area contributed by atoms with Crippen molar-refractivity contribution in [2.45, 2.75) is 13.5 Å². The molecule has 0 saturated heterocycles. The number of para-hydroxylation sites is 1. The third-order valence-corrected chi connectivity index (χ3v) is 3.39. The highest BCUT2D eigenvalue weighted by atomic mass is 16.3. The predicted octanol–water partition coefficient (Wildman–Crippen LogP) is 1.66. The number of pyridine rings is 1. The number of aromatic nitrogens is 3. The highest BCUT2D eigenvalue weighted by Gasteiger charge is 2.12. The maximum absolute atomic E-state index is 12.3.